The highest BCUT2D eigenvalue weighted by Gasteiger charge is 2.22. The molecule has 136 valence electrons. The van der Waals surface area contributed by atoms with E-state index in [1.54, 1.807) is 13.0 Å². The van der Waals surface area contributed by atoms with Gasteiger partial charge in [0, 0.05) is 16.7 Å². The molecule has 1 aliphatic rings. The van der Waals surface area contributed by atoms with Gasteiger partial charge in [-0.05, 0) is 43.0 Å². The van der Waals surface area contributed by atoms with Gasteiger partial charge in [-0.15, -0.1) is 0 Å². The van der Waals surface area contributed by atoms with Crippen molar-refractivity contribution in [3.63, 3.8) is 0 Å². The molecule has 25 heavy (non-hydrogen) atoms. The zero-order valence-electron chi connectivity index (χ0n) is 14.7. The molecule has 0 saturated carbocycles. The van der Waals surface area contributed by atoms with E-state index in [4.69, 9.17) is 9.84 Å². The largest absolute Gasteiger partial charge is 0.479 e. The van der Waals surface area contributed by atoms with Gasteiger partial charge in [0.1, 0.15) is 5.75 Å². The third kappa shape index (κ3) is 5.49. The van der Waals surface area contributed by atoms with Crippen LogP contribution >= 0.6 is 12.6 Å². The minimum Gasteiger partial charge on any atom is -0.479 e. The molecule has 0 spiro atoms. The number of fused-ring (bicyclic) bond motifs is 1. The zero-order valence-corrected chi connectivity index (χ0v) is 15.6. The Morgan fingerprint density at radius 3 is 2.72 bits per heavy atom. The van der Waals surface area contributed by atoms with Crippen LogP contribution in [0.2, 0.25) is 0 Å². The van der Waals surface area contributed by atoms with Crippen LogP contribution in [0.4, 0.5) is 0 Å². The number of aliphatic carboxylic acids is 1. The Kier molecular flexibility index (Phi) is 6.11. The van der Waals surface area contributed by atoms with Gasteiger partial charge in [0.05, 0.1) is 5.71 Å². The second kappa shape index (κ2) is 7.91. The molecular formula is C18H24N2O4S. The van der Waals surface area contributed by atoms with Crippen LogP contribution in [0.1, 0.15) is 51.2 Å². The predicted molar refractivity (Wildman–Crippen MR) is 99.5 cm³/mol. The number of carbonyl (C=O) groups excluding carboxylic acids is 1. The van der Waals surface area contributed by atoms with Crippen LogP contribution in [0, 0.1) is 0 Å². The van der Waals surface area contributed by atoms with E-state index in [2.05, 4.69) is 23.2 Å². The molecule has 1 aromatic rings. The van der Waals surface area contributed by atoms with Gasteiger partial charge in [0.15, 0.2) is 6.10 Å². The molecule has 0 saturated heterocycles. The summed E-state index contributed by atoms with van der Waals surface area (Å²) < 4.78 is 5.14. The van der Waals surface area contributed by atoms with Crippen LogP contribution in [0.15, 0.2) is 23.3 Å². The lowest BCUT2D eigenvalue weighted by Gasteiger charge is -2.15. The minimum atomic E-state index is -0.972. The lowest BCUT2D eigenvalue weighted by atomic mass is 10.1. The summed E-state index contributed by atoms with van der Waals surface area (Å²) in [5, 5.41) is 13.3. The zero-order chi connectivity index (χ0) is 18.6. The van der Waals surface area contributed by atoms with Gasteiger partial charge in [-0.1, -0.05) is 20.8 Å². The van der Waals surface area contributed by atoms with Crippen LogP contribution in [0.5, 0.6) is 5.75 Å². The summed E-state index contributed by atoms with van der Waals surface area (Å²) in [4.78, 5) is 22.9. The van der Waals surface area contributed by atoms with E-state index in [1.807, 2.05) is 26.0 Å². The summed E-state index contributed by atoms with van der Waals surface area (Å²) >= 11 is 4.34. The number of carboxylic acids is 1. The Balaban J connectivity index is 2.07. The van der Waals surface area contributed by atoms with Gasteiger partial charge in [0.25, 0.3) is 0 Å². The second-order valence-corrected chi connectivity index (χ2v) is 7.97. The number of benzene rings is 1. The normalized spacial score (nSPS) is 16.4. The maximum absolute atomic E-state index is 11.9. The highest BCUT2D eigenvalue weighted by molar-refractivity contribution is 7.81. The molecular weight excluding hydrogens is 340 g/mol. The van der Waals surface area contributed by atoms with Crippen LogP contribution in [0.3, 0.4) is 0 Å². The molecule has 2 N–H and O–H groups in total. The van der Waals surface area contributed by atoms with E-state index in [0.29, 0.717) is 12.2 Å². The standard InChI is InChI=1S/C18H24N2O4S/c1-4-15(17(22)23)24-12-6-7-13-11(9-12)5-8-14(13)19-20-16(21)10-18(2,3)25/h6-7,9,15,25H,4-5,8,10H2,1-3H3,(H,20,21)(H,22,23). The van der Waals surface area contributed by atoms with Gasteiger partial charge in [0.2, 0.25) is 5.91 Å². The number of amides is 1. The van der Waals surface area contributed by atoms with Crippen molar-refractivity contribution in [1.82, 2.24) is 5.43 Å². The van der Waals surface area contributed by atoms with Crippen molar-refractivity contribution >= 4 is 30.2 Å². The second-order valence-electron chi connectivity index (χ2n) is 6.75. The Morgan fingerprint density at radius 2 is 2.12 bits per heavy atom. The van der Waals surface area contributed by atoms with Crippen LogP contribution in [0.25, 0.3) is 0 Å². The number of hydrazone groups is 1. The van der Waals surface area contributed by atoms with E-state index in [0.717, 1.165) is 29.7 Å². The molecule has 1 atom stereocenters. The Labute approximate surface area is 153 Å². The molecule has 0 radical (unpaired) electrons. The molecule has 1 unspecified atom stereocenters. The van der Waals surface area contributed by atoms with Gasteiger partial charge in [-0.25, -0.2) is 10.2 Å². The van der Waals surface area contributed by atoms with Gasteiger partial charge in [-0.3, -0.25) is 4.79 Å². The van der Waals surface area contributed by atoms with Gasteiger partial charge >= 0.3 is 5.97 Å². The highest BCUT2D eigenvalue weighted by Crippen LogP contribution is 2.27. The number of nitrogens with one attached hydrogen (secondary N) is 1. The molecule has 7 heteroatoms. The van der Waals surface area contributed by atoms with Crippen molar-refractivity contribution in [2.75, 3.05) is 0 Å². The molecule has 6 nitrogen and oxygen atoms in total. The van der Waals surface area contributed by atoms with E-state index in [9.17, 15) is 9.59 Å². The first-order valence-corrected chi connectivity index (χ1v) is 8.75. The van der Waals surface area contributed by atoms with E-state index < -0.39 is 12.1 Å². The Hall–Kier alpha value is -2.02. The summed E-state index contributed by atoms with van der Waals surface area (Å²) in [6.07, 6.45) is 1.33. The average molecular weight is 364 g/mol. The number of carboxylic acid groups (broad SMARTS) is 1. The average Bonchev–Trinajstić information content (AvgIpc) is 2.91. The first-order valence-electron chi connectivity index (χ1n) is 8.30. The Bertz CT molecular complexity index is 695. The molecule has 2 rings (SSSR count). The van der Waals surface area contributed by atoms with E-state index >= 15 is 0 Å². The third-order valence-corrected chi connectivity index (χ3v) is 4.01. The number of hydrogen-bond acceptors (Lipinski definition) is 5. The van der Waals surface area contributed by atoms with Crippen molar-refractivity contribution in [2.24, 2.45) is 5.10 Å². The van der Waals surface area contributed by atoms with Crippen molar-refractivity contribution < 1.29 is 19.4 Å². The van der Waals surface area contributed by atoms with Gasteiger partial charge < -0.3 is 9.84 Å². The fourth-order valence-electron chi connectivity index (χ4n) is 2.67. The summed E-state index contributed by atoms with van der Waals surface area (Å²) in [6.45, 7) is 5.51. The summed E-state index contributed by atoms with van der Waals surface area (Å²) in [5.41, 5.74) is 5.40. The van der Waals surface area contributed by atoms with E-state index in [1.165, 1.54) is 0 Å². The molecule has 1 aromatic carbocycles. The van der Waals surface area contributed by atoms with Crippen molar-refractivity contribution in [3.05, 3.63) is 29.3 Å². The number of nitrogens with zero attached hydrogens (tertiary/aromatic N) is 1. The van der Waals surface area contributed by atoms with Crippen LogP contribution in [-0.2, 0) is 16.0 Å². The molecule has 0 aromatic heterocycles. The first kappa shape index (κ1) is 19.3. The smallest absolute Gasteiger partial charge is 0.344 e. The Morgan fingerprint density at radius 1 is 1.40 bits per heavy atom. The summed E-state index contributed by atoms with van der Waals surface area (Å²) in [7, 11) is 0. The molecule has 0 bridgehead atoms. The number of thiol groups is 1. The van der Waals surface area contributed by atoms with Crippen LogP contribution in [-0.4, -0.2) is 33.5 Å². The van der Waals surface area contributed by atoms with Crippen molar-refractivity contribution in [3.8, 4) is 5.75 Å². The first-order chi connectivity index (χ1) is 11.7. The number of aryl methyl sites for hydroxylation is 1. The number of rotatable bonds is 7. The molecule has 0 fully saturated rings. The fraction of sp³-hybridized carbons (Fsp3) is 0.500. The molecule has 1 amide bonds. The highest BCUT2D eigenvalue weighted by atomic mass is 32.1. The quantitative estimate of drug-likeness (QED) is 0.513. The predicted octanol–water partition coefficient (Wildman–Crippen LogP) is 2.79. The molecule has 0 heterocycles. The van der Waals surface area contributed by atoms with Crippen LogP contribution < -0.4 is 10.2 Å². The molecule has 1 aliphatic carbocycles. The fourth-order valence-corrected chi connectivity index (χ4v) is 2.81. The van der Waals surface area contributed by atoms with Gasteiger partial charge in [-0.2, -0.15) is 17.7 Å². The lowest BCUT2D eigenvalue weighted by molar-refractivity contribution is -0.145. The van der Waals surface area contributed by atoms with E-state index in [-0.39, 0.29) is 17.1 Å². The summed E-state index contributed by atoms with van der Waals surface area (Å²) in [5.74, 6) is -0.608. The lowest BCUT2D eigenvalue weighted by Crippen LogP contribution is -2.26. The van der Waals surface area contributed by atoms with Crippen molar-refractivity contribution in [2.45, 2.75) is 57.3 Å². The minimum absolute atomic E-state index is 0.173. The topological polar surface area (TPSA) is 88.0 Å². The summed E-state index contributed by atoms with van der Waals surface area (Å²) in [6, 6.07) is 5.45. The maximum Gasteiger partial charge on any atom is 0.344 e. The number of ether oxygens (including phenoxy) is 1. The SMILES string of the molecule is CCC(Oc1ccc2c(c1)CCC2=NNC(=O)CC(C)(C)S)C(=O)O. The monoisotopic (exact) mass is 364 g/mol. The maximum atomic E-state index is 11.9. The third-order valence-electron chi connectivity index (χ3n) is 3.85. The van der Waals surface area contributed by atoms with Crippen molar-refractivity contribution in [1.29, 1.82) is 0 Å². The molecule has 0 aliphatic heterocycles. The number of hydrogen-bond donors (Lipinski definition) is 3. The number of carbonyl (C=O) groups is 2.